The van der Waals surface area contributed by atoms with E-state index >= 15 is 0 Å². The van der Waals surface area contributed by atoms with E-state index in [0.717, 1.165) is 27.6 Å². The summed E-state index contributed by atoms with van der Waals surface area (Å²) in [5, 5.41) is 14.3. The summed E-state index contributed by atoms with van der Waals surface area (Å²) >= 11 is 0. The van der Waals surface area contributed by atoms with Crippen LogP contribution >= 0.6 is 0 Å². The van der Waals surface area contributed by atoms with Gasteiger partial charge in [0.05, 0.1) is 6.10 Å². The Labute approximate surface area is 141 Å². The molecule has 24 heavy (non-hydrogen) atoms. The Morgan fingerprint density at radius 3 is 2.75 bits per heavy atom. The van der Waals surface area contributed by atoms with E-state index in [1.807, 2.05) is 74.1 Å². The molecule has 4 heteroatoms. The number of carbonyl (C=O) groups is 1. The third-order valence-corrected chi connectivity index (χ3v) is 4.39. The Balaban J connectivity index is 1.70. The van der Waals surface area contributed by atoms with Crippen molar-refractivity contribution in [1.29, 1.82) is 0 Å². The zero-order valence-corrected chi connectivity index (χ0v) is 14.2. The van der Waals surface area contributed by atoms with Gasteiger partial charge in [-0.05, 0) is 54.6 Å². The molecule has 1 aromatic heterocycles. The van der Waals surface area contributed by atoms with Crippen LogP contribution in [0, 0.1) is 13.8 Å². The Hall–Kier alpha value is -2.59. The van der Waals surface area contributed by atoms with Gasteiger partial charge in [-0.1, -0.05) is 23.8 Å². The summed E-state index contributed by atoms with van der Waals surface area (Å²) in [6, 6.07) is 13.6. The fourth-order valence-corrected chi connectivity index (χ4v) is 2.89. The molecule has 1 amide bonds. The number of fused-ring (bicyclic) bond motifs is 1. The highest BCUT2D eigenvalue weighted by Gasteiger charge is 2.13. The number of amides is 1. The number of hydrogen-bond donors (Lipinski definition) is 2. The number of benzene rings is 2. The van der Waals surface area contributed by atoms with Gasteiger partial charge in [0.2, 0.25) is 0 Å². The van der Waals surface area contributed by atoms with E-state index in [9.17, 15) is 9.90 Å². The number of hydrogen-bond acceptors (Lipinski definition) is 2. The molecule has 0 aliphatic heterocycles. The molecule has 1 atom stereocenters. The average molecular weight is 322 g/mol. The molecule has 0 spiro atoms. The maximum Gasteiger partial charge on any atom is 0.251 e. The first-order valence-corrected chi connectivity index (χ1v) is 8.04. The van der Waals surface area contributed by atoms with Gasteiger partial charge in [0.25, 0.3) is 5.91 Å². The molecule has 124 valence electrons. The molecule has 0 bridgehead atoms. The Morgan fingerprint density at radius 1 is 1.17 bits per heavy atom. The molecule has 0 saturated carbocycles. The summed E-state index contributed by atoms with van der Waals surface area (Å²) in [5.74, 6) is -0.156. The minimum absolute atomic E-state index is 0.156. The highest BCUT2D eigenvalue weighted by molar-refractivity contribution is 5.95. The first-order valence-electron chi connectivity index (χ1n) is 8.04. The van der Waals surface area contributed by atoms with Gasteiger partial charge < -0.3 is 15.0 Å². The summed E-state index contributed by atoms with van der Waals surface area (Å²) in [6.45, 7) is 4.05. The SMILES string of the molecule is Cc1ccc(C)c(C(=O)NCC(O)c2ccc3c(ccn3C)c2)c1. The largest absolute Gasteiger partial charge is 0.387 e. The quantitative estimate of drug-likeness (QED) is 0.774. The number of carbonyl (C=O) groups excluding carboxylic acids is 1. The van der Waals surface area contributed by atoms with Crippen LogP contribution in [0.4, 0.5) is 0 Å². The second-order valence-corrected chi connectivity index (χ2v) is 6.29. The molecular weight excluding hydrogens is 300 g/mol. The van der Waals surface area contributed by atoms with Crippen molar-refractivity contribution in [2.75, 3.05) is 6.54 Å². The van der Waals surface area contributed by atoms with Crippen molar-refractivity contribution in [3.8, 4) is 0 Å². The third kappa shape index (κ3) is 3.19. The fourth-order valence-electron chi connectivity index (χ4n) is 2.89. The first-order chi connectivity index (χ1) is 11.5. The third-order valence-electron chi connectivity index (χ3n) is 4.39. The van der Waals surface area contributed by atoms with E-state index in [1.165, 1.54) is 0 Å². The molecule has 0 saturated heterocycles. The van der Waals surface area contributed by atoms with Gasteiger partial charge in [0, 0.05) is 30.9 Å². The Morgan fingerprint density at radius 2 is 1.96 bits per heavy atom. The van der Waals surface area contributed by atoms with E-state index < -0.39 is 6.10 Å². The summed E-state index contributed by atoms with van der Waals surface area (Å²) in [4.78, 5) is 12.3. The molecule has 2 aromatic carbocycles. The Bertz CT molecular complexity index is 896. The van der Waals surface area contributed by atoms with Crippen LogP contribution in [0.15, 0.2) is 48.7 Å². The van der Waals surface area contributed by atoms with E-state index in [-0.39, 0.29) is 12.5 Å². The lowest BCUT2D eigenvalue weighted by atomic mass is 10.0. The van der Waals surface area contributed by atoms with Gasteiger partial charge in [-0.3, -0.25) is 4.79 Å². The van der Waals surface area contributed by atoms with Crippen LogP contribution in [-0.4, -0.2) is 22.1 Å². The maximum absolute atomic E-state index is 12.3. The van der Waals surface area contributed by atoms with Gasteiger partial charge in [-0.2, -0.15) is 0 Å². The number of nitrogens with one attached hydrogen (secondary N) is 1. The van der Waals surface area contributed by atoms with E-state index in [1.54, 1.807) is 0 Å². The van der Waals surface area contributed by atoms with Crippen LogP contribution in [0.3, 0.4) is 0 Å². The van der Waals surface area contributed by atoms with E-state index in [2.05, 4.69) is 5.32 Å². The van der Waals surface area contributed by atoms with E-state index in [4.69, 9.17) is 0 Å². The lowest BCUT2D eigenvalue weighted by Crippen LogP contribution is -2.29. The lowest BCUT2D eigenvalue weighted by molar-refractivity contribution is 0.0915. The molecule has 1 heterocycles. The highest BCUT2D eigenvalue weighted by atomic mass is 16.3. The van der Waals surface area contributed by atoms with Crippen molar-refractivity contribution in [2.45, 2.75) is 20.0 Å². The van der Waals surface area contributed by atoms with Crippen LogP contribution in [0.5, 0.6) is 0 Å². The first kappa shape index (κ1) is 16.3. The topological polar surface area (TPSA) is 54.3 Å². The van der Waals surface area contributed by atoms with Gasteiger partial charge >= 0.3 is 0 Å². The van der Waals surface area contributed by atoms with Crippen molar-refractivity contribution in [3.05, 3.63) is 70.9 Å². The molecule has 3 rings (SSSR count). The lowest BCUT2D eigenvalue weighted by Gasteiger charge is -2.14. The molecule has 1 unspecified atom stereocenters. The fraction of sp³-hybridized carbons (Fsp3) is 0.250. The van der Waals surface area contributed by atoms with Crippen molar-refractivity contribution in [2.24, 2.45) is 7.05 Å². The summed E-state index contributed by atoms with van der Waals surface area (Å²) < 4.78 is 2.04. The molecular formula is C20H22N2O2. The molecule has 0 aliphatic carbocycles. The van der Waals surface area contributed by atoms with Crippen molar-refractivity contribution < 1.29 is 9.90 Å². The van der Waals surface area contributed by atoms with Gasteiger partial charge in [-0.25, -0.2) is 0 Å². The number of aryl methyl sites for hydroxylation is 3. The van der Waals surface area contributed by atoms with Gasteiger partial charge in [0.1, 0.15) is 0 Å². The molecule has 0 fully saturated rings. The van der Waals surface area contributed by atoms with Crippen LogP contribution in [-0.2, 0) is 7.05 Å². The Kier molecular flexibility index (Phi) is 4.40. The normalized spacial score (nSPS) is 12.3. The molecule has 0 aliphatic rings. The number of rotatable bonds is 4. The zero-order chi connectivity index (χ0) is 17.3. The van der Waals surface area contributed by atoms with Crippen molar-refractivity contribution in [3.63, 3.8) is 0 Å². The summed E-state index contributed by atoms with van der Waals surface area (Å²) in [5.41, 5.74) is 4.54. The standard InChI is InChI=1S/C20H22N2O2/c1-13-4-5-14(2)17(10-13)20(24)21-12-19(23)16-6-7-18-15(11-16)8-9-22(18)3/h4-11,19,23H,12H2,1-3H3,(H,21,24). The van der Waals surface area contributed by atoms with Crippen LogP contribution < -0.4 is 5.32 Å². The second-order valence-electron chi connectivity index (χ2n) is 6.29. The monoisotopic (exact) mass is 322 g/mol. The predicted molar refractivity (Wildman–Crippen MR) is 96.1 cm³/mol. The smallest absolute Gasteiger partial charge is 0.251 e. The average Bonchev–Trinajstić information content (AvgIpc) is 2.95. The molecule has 2 N–H and O–H groups in total. The number of nitrogens with zero attached hydrogens (tertiary/aromatic N) is 1. The van der Waals surface area contributed by atoms with Gasteiger partial charge in [0.15, 0.2) is 0 Å². The van der Waals surface area contributed by atoms with Crippen LogP contribution in [0.1, 0.15) is 33.2 Å². The number of aromatic nitrogens is 1. The van der Waals surface area contributed by atoms with Crippen molar-refractivity contribution >= 4 is 16.8 Å². The van der Waals surface area contributed by atoms with Crippen molar-refractivity contribution in [1.82, 2.24) is 9.88 Å². The van der Waals surface area contributed by atoms with Gasteiger partial charge in [-0.15, -0.1) is 0 Å². The zero-order valence-electron chi connectivity index (χ0n) is 14.2. The summed E-state index contributed by atoms with van der Waals surface area (Å²) in [6.07, 6.45) is 1.26. The molecule has 3 aromatic rings. The predicted octanol–water partition coefficient (Wildman–Crippen LogP) is 3.26. The minimum atomic E-state index is -0.733. The van der Waals surface area contributed by atoms with E-state index in [0.29, 0.717) is 5.56 Å². The number of aliphatic hydroxyl groups excluding tert-OH is 1. The summed E-state index contributed by atoms with van der Waals surface area (Å²) in [7, 11) is 1.99. The number of aliphatic hydroxyl groups is 1. The van der Waals surface area contributed by atoms with Crippen LogP contribution in [0.2, 0.25) is 0 Å². The highest BCUT2D eigenvalue weighted by Crippen LogP contribution is 2.21. The maximum atomic E-state index is 12.3. The minimum Gasteiger partial charge on any atom is -0.387 e. The van der Waals surface area contributed by atoms with Crippen LogP contribution in [0.25, 0.3) is 10.9 Å². The molecule has 0 radical (unpaired) electrons. The molecule has 4 nitrogen and oxygen atoms in total. The second kappa shape index (κ2) is 6.49.